The second-order valence-electron chi connectivity index (χ2n) is 6.31. The summed E-state index contributed by atoms with van der Waals surface area (Å²) in [5, 5.41) is 0. The van der Waals surface area contributed by atoms with Crippen LogP contribution in [-0.4, -0.2) is 0 Å². The van der Waals surface area contributed by atoms with Gasteiger partial charge in [0.2, 0.25) is 0 Å². The van der Waals surface area contributed by atoms with Crippen LogP contribution < -0.4 is 11.3 Å². The van der Waals surface area contributed by atoms with Gasteiger partial charge in [0, 0.05) is 5.92 Å². The zero-order valence-corrected chi connectivity index (χ0v) is 12.8. The van der Waals surface area contributed by atoms with Gasteiger partial charge in [0.15, 0.2) is 0 Å². The van der Waals surface area contributed by atoms with Gasteiger partial charge in [0.1, 0.15) is 0 Å². The van der Waals surface area contributed by atoms with Gasteiger partial charge in [-0.2, -0.15) is 0 Å². The van der Waals surface area contributed by atoms with Crippen molar-refractivity contribution in [2.45, 2.75) is 44.6 Å². The summed E-state index contributed by atoms with van der Waals surface area (Å²) < 4.78 is 0. The third-order valence-corrected chi connectivity index (χ3v) is 4.72. The Labute approximate surface area is 127 Å². The number of fused-ring (bicyclic) bond motifs is 1. The molecule has 0 aromatic heterocycles. The summed E-state index contributed by atoms with van der Waals surface area (Å²) in [5.41, 5.74) is 8.63. The molecular formula is C19H24N2. The lowest BCUT2D eigenvalue weighted by molar-refractivity contribution is 0.453. The van der Waals surface area contributed by atoms with E-state index in [1.54, 1.807) is 0 Å². The lowest BCUT2D eigenvalue weighted by Crippen LogP contribution is -2.32. The quantitative estimate of drug-likeness (QED) is 0.655. The van der Waals surface area contributed by atoms with Crippen molar-refractivity contribution in [1.29, 1.82) is 0 Å². The van der Waals surface area contributed by atoms with Crippen molar-refractivity contribution in [3.8, 4) is 0 Å². The molecule has 1 aliphatic carbocycles. The molecular weight excluding hydrogens is 256 g/mol. The molecule has 0 bridgehead atoms. The van der Waals surface area contributed by atoms with Gasteiger partial charge in [-0.25, -0.2) is 0 Å². The molecule has 21 heavy (non-hydrogen) atoms. The molecule has 2 aromatic rings. The number of hydrazine groups is 1. The van der Waals surface area contributed by atoms with Gasteiger partial charge in [-0.1, -0.05) is 62.4 Å². The molecule has 2 aromatic carbocycles. The largest absolute Gasteiger partial charge is 0.271 e. The average molecular weight is 280 g/mol. The first-order valence-electron chi connectivity index (χ1n) is 7.84. The highest BCUT2D eigenvalue weighted by Gasteiger charge is 2.29. The number of benzene rings is 2. The topological polar surface area (TPSA) is 38.0 Å². The van der Waals surface area contributed by atoms with Crippen LogP contribution in [0.5, 0.6) is 0 Å². The third kappa shape index (κ3) is 2.74. The number of hydrogen-bond donors (Lipinski definition) is 2. The minimum atomic E-state index is 0.190. The fourth-order valence-electron chi connectivity index (χ4n) is 3.47. The molecule has 2 atom stereocenters. The fraction of sp³-hybridized carbons (Fsp3) is 0.368. The smallest absolute Gasteiger partial charge is 0.0528 e. The molecule has 0 radical (unpaired) electrons. The number of aryl methyl sites for hydroxylation is 1. The Morgan fingerprint density at radius 2 is 1.67 bits per heavy atom. The summed E-state index contributed by atoms with van der Waals surface area (Å²) in [4.78, 5) is 0. The highest BCUT2D eigenvalue weighted by atomic mass is 15.2. The van der Waals surface area contributed by atoms with Crippen LogP contribution in [0.25, 0.3) is 0 Å². The predicted molar refractivity (Wildman–Crippen MR) is 88.1 cm³/mol. The highest BCUT2D eigenvalue weighted by molar-refractivity contribution is 5.38. The molecule has 0 heterocycles. The van der Waals surface area contributed by atoms with Gasteiger partial charge in [0.05, 0.1) is 6.04 Å². The van der Waals surface area contributed by atoms with Crippen LogP contribution in [0.2, 0.25) is 0 Å². The molecule has 110 valence electrons. The van der Waals surface area contributed by atoms with Crippen molar-refractivity contribution in [3.63, 3.8) is 0 Å². The molecule has 0 aliphatic heterocycles. The van der Waals surface area contributed by atoms with Crippen LogP contribution in [0.15, 0.2) is 48.5 Å². The first kappa shape index (κ1) is 14.3. The second kappa shape index (κ2) is 6.00. The standard InChI is InChI=1S/C19H24N2/c1-13(2)14-7-9-16(10-8-14)19(21-20)18-12-11-15-5-3-4-6-17(15)18/h3-10,13,18-19,21H,11-12,20H2,1-2H3. The molecule has 0 saturated heterocycles. The van der Waals surface area contributed by atoms with Gasteiger partial charge in [-0.3, -0.25) is 11.3 Å². The summed E-state index contributed by atoms with van der Waals surface area (Å²) in [6.45, 7) is 4.45. The molecule has 1 aliphatic rings. The Kier molecular flexibility index (Phi) is 4.09. The van der Waals surface area contributed by atoms with Crippen molar-refractivity contribution in [3.05, 3.63) is 70.8 Å². The SMILES string of the molecule is CC(C)c1ccc(C(NN)C2CCc3ccccc32)cc1. The molecule has 2 heteroatoms. The average Bonchev–Trinajstić information content (AvgIpc) is 2.93. The summed E-state index contributed by atoms with van der Waals surface area (Å²) in [5.74, 6) is 6.92. The summed E-state index contributed by atoms with van der Waals surface area (Å²) in [6, 6.07) is 17.8. The van der Waals surface area contributed by atoms with E-state index < -0.39 is 0 Å². The second-order valence-corrected chi connectivity index (χ2v) is 6.31. The lowest BCUT2D eigenvalue weighted by Gasteiger charge is -2.24. The Bertz CT molecular complexity index is 601. The molecule has 0 spiro atoms. The van der Waals surface area contributed by atoms with Crippen LogP contribution in [0.1, 0.15) is 60.4 Å². The van der Waals surface area contributed by atoms with E-state index in [1.807, 2.05) is 0 Å². The molecule has 2 unspecified atom stereocenters. The van der Waals surface area contributed by atoms with E-state index in [9.17, 15) is 0 Å². The van der Waals surface area contributed by atoms with E-state index in [0.717, 1.165) is 6.42 Å². The molecule has 0 saturated carbocycles. The van der Waals surface area contributed by atoms with Crippen LogP contribution in [-0.2, 0) is 6.42 Å². The Balaban J connectivity index is 1.89. The zero-order valence-electron chi connectivity index (χ0n) is 12.8. The van der Waals surface area contributed by atoms with E-state index in [4.69, 9.17) is 5.84 Å². The van der Waals surface area contributed by atoms with Crippen molar-refractivity contribution in [2.24, 2.45) is 5.84 Å². The van der Waals surface area contributed by atoms with Gasteiger partial charge in [0.25, 0.3) is 0 Å². The molecule has 0 fully saturated rings. The van der Waals surface area contributed by atoms with E-state index in [-0.39, 0.29) is 6.04 Å². The highest BCUT2D eigenvalue weighted by Crippen LogP contribution is 2.41. The maximum atomic E-state index is 5.89. The van der Waals surface area contributed by atoms with E-state index in [1.165, 1.54) is 28.7 Å². The van der Waals surface area contributed by atoms with Gasteiger partial charge >= 0.3 is 0 Å². The Morgan fingerprint density at radius 1 is 1.00 bits per heavy atom. The van der Waals surface area contributed by atoms with Crippen molar-refractivity contribution in [2.75, 3.05) is 0 Å². The van der Waals surface area contributed by atoms with E-state index >= 15 is 0 Å². The summed E-state index contributed by atoms with van der Waals surface area (Å²) in [7, 11) is 0. The monoisotopic (exact) mass is 280 g/mol. The summed E-state index contributed by atoms with van der Waals surface area (Å²) >= 11 is 0. The normalized spacial score (nSPS) is 18.8. The molecule has 0 amide bonds. The summed E-state index contributed by atoms with van der Waals surface area (Å²) in [6.07, 6.45) is 2.32. The van der Waals surface area contributed by atoms with Crippen molar-refractivity contribution < 1.29 is 0 Å². The number of nitrogens with one attached hydrogen (secondary N) is 1. The maximum Gasteiger partial charge on any atom is 0.0528 e. The lowest BCUT2D eigenvalue weighted by atomic mass is 9.88. The van der Waals surface area contributed by atoms with Crippen molar-refractivity contribution in [1.82, 2.24) is 5.43 Å². The predicted octanol–water partition coefficient (Wildman–Crippen LogP) is 4.04. The van der Waals surface area contributed by atoms with E-state index in [0.29, 0.717) is 11.8 Å². The Morgan fingerprint density at radius 3 is 2.33 bits per heavy atom. The maximum absolute atomic E-state index is 5.89. The third-order valence-electron chi connectivity index (χ3n) is 4.72. The number of hydrogen-bond acceptors (Lipinski definition) is 2. The van der Waals surface area contributed by atoms with Crippen LogP contribution in [0.3, 0.4) is 0 Å². The molecule has 3 N–H and O–H groups in total. The van der Waals surface area contributed by atoms with Crippen LogP contribution in [0.4, 0.5) is 0 Å². The Hall–Kier alpha value is -1.64. The first-order valence-corrected chi connectivity index (χ1v) is 7.84. The first-order chi connectivity index (χ1) is 10.2. The van der Waals surface area contributed by atoms with Crippen molar-refractivity contribution >= 4 is 0 Å². The minimum absolute atomic E-state index is 0.190. The number of rotatable bonds is 4. The number of nitrogens with two attached hydrogens (primary N) is 1. The molecule has 2 nitrogen and oxygen atoms in total. The minimum Gasteiger partial charge on any atom is -0.271 e. The van der Waals surface area contributed by atoms with Crippen LogP contribution >= 0.6 is 0 Å². The fourth-order valence-corrected chi connectivity index (χ4v) is 3.47. The molecule has 3 rings (SSSR count). The van der Waals surface area contributed by atoms with Crippen LogP contribution in [0, 0.1) is 0 Å². The van der Waals surface area contributed by atoms with Gasteiger partial charge in [-0.05, 0) is 41.0 Å². The zero-order chi connectivity index (χ0) is 14.8. The van der Waals surface area contributed by atoms with Gasteiger partial charge < -0.3 is 0 Å². The van der Waals surface area contributed by atoms with Gasteiger partial charge in [-0.15, -0.1) is 0 Å². The van der Waals surface area contributed by atoms with E-state index in [2.05, 4.69) is 67.8 Å².